The molecule has 0 heterocycles. The highest BCUT2D eigenvalue weighted by atomic mass is 19.1. The number of nitrogens with one attached hydrogen (secondary N) is 1. The van der Waals surface area contributed by atoms with Crippen LogP contribution in [0.3, 0.4) is 0 Å². The molecular formula is C12H13F2NO4. The van der Waals surface area contributed by atoms with Gasteiger partial charge in [-0.1, -0.05) is 6.07 Å². The van der Waals surface area contributed by atoms with Crippen molar-refractivity contribution in [3.05, 3.63) is 35.4 Å². The van der Waals surface area contributed by atoms with Gasteiger partial charge in [-0.05, 0) is 12.1 Å². The van der Waals surface area contributed by atoms with Crippen LogP contribution in [0.25, 0.3) is 0 Å². The standard InChI is InChI=1S/C12H13F2NO4/c1-19-7(5-10(16)17)6-15-12(18)11-8(13)3-2-4-9(11)14/h2-4,7H,5-6H2,1H3,(H,15,18)(H,16,17). The van der Waals surface area contributed by atoms with Crippen molar-refractivity contribution in [2.45, 2.75) is 12.5 Å². The number of halogens is 2. The summed E-state index contributed by atoms with van der Waals surface area (Å²) in [6, 6.07) is 3.07. The zero-order chi connectivity index (χ0) is 14.4. The molecule has 0 aliphatic carbocycles. The lowest BCUT2D eigenvalue weighted by molar-refractivity contribution is -0.139. The fourth-order valence-corrected chi connectivity index (χ4v) is 1.44. The van der Waals surface area contributed by atoms with Gasteiger partial charge in [-0.2, -0.15) is 0 Å². The van der Waals surface area contributed by atoms with Gasteiger partial charge in [0, 0.05) is 13.7 Å². The molecule has 1 unspecified atom stereocenters. The summed E-state index contributed by atoms with van der Waals surface area (Å²) in [6.07, 6.45) is -1.09. The average molecular weight is 273 g/mol. The summed E-state index contributed by atoms with van der Waals surface area (Å²) in [5.74, 6) is -4.02. The lowest BCUT2D eigenvalue weighted by Gasteiger charge is -2.14. The third-order valence-electron chi connectivity index (χ3n) is 2.42. The summed E-state index contributed by atoms with van der Waals surface area (Å²) in [6.45, 7) is -0.157. The van der Waals surface area contributed by atoms with Crippen molar-refractivity contribution in [2.75, 3.05) is 13.7 Å². The molecule has 1 aromatic rings. The Hall–Kier alpha value is -2.02. The average Bonchev–Trinajstić information content (AvgIpc) is 2.33. The van der Waals surface area contributed by atoms with E-state index in [-0.39, 0.29) is 13.0 Å². The number of rotatable bonds is 6. The molecule has 104 valence electrons. The molecule has 1 aromatic carbocycles. The quantitative estimate of drug-likeness (QED) is 0.816. The Morgan fingerprint density at radius 3 is 2.42 bits per heavy atom. The molecule has 0 saturated heterocycles. The molecule has 1 amide bonds. The van der Waals surface area contributed by atoms with Gasteiger partial charge in [-0.15, -0.1) is 0 Å². The minimum atomic E-state index is -1.10. The molecule has 0 fully saturated rings. The summed E-state index contributed by atoms with van der Waals surface area (Å²) in [5.41, 5.74) is -0.701. The normalized spacial score (nSPS) is 11.9. The maximum absolute atomic E-state index is 13.3. The number of carbonyl (C=O) groups is 2. The lowest BCUT2D eigenvalue weighted by atomic mass is 10.1. The Kier molecular flexibility index (Phi) is 5.37. The number of methoxy groups -OCH3 is 1. The number of carboxylic acid groups (broad SMARTS) is 1. The van der Waals surface area contributed by atoms with Gasteiger partial charge in [0.1, 0.15) is 17.2 Å². The minimum Gasteiger partial charge on any atom is -0.481 e. The van der Waals surface area contributed by atoms with E-state index in [1.54, 1.807) is 0 Å². The van der Waals surface area contributed by atoms with Gasteiger partial charge in [0.15, 0.2) is 0 Å². The van der Waals surface area contributed by atoms with Crippen molar-refractivity contribution in [3.8, 4) is 0 Å². The van der Waals surface area contributed by atoms with Crippen LogP contribution in [0.5, 0.6) is 0 Å². The van der Waals surface area contributed by atoms with Crippen molar-refractivity contribution in [1.29, 1.82) is 0 Å². The predicted molar refractivity (Wildman–Crippen MR) is 61.7 cm³/mol. The van der Waals surface area contributed by atoms with Gasteiger partial charge in [-0.25, -0.2) is 8.78 Å². The molecule has 0 saturated carbocycles. The van der Waals surface area contributed by atoms with Crippen molar-refractivity contribution in [1.82, 2.24) is 5.32 Å². The second kappa shape index (κ2) is 6.79. The van der Waals surface area contributed by atoms with Gasteiger partial charge < -0.3 is 15.2 Å². The highest BCUT2D eigenvalue weighted by Gasteiger charge is 2.19. The van der Waals surface area contributed by atoms with E-state index < -0.39 is 35.2 Å². The Morgan fingerprint density at radius 1 is 1.37 bits per heavy atom. The summed E-state index contributed by atoms with van der Waals surface area (Å²) >= 11 is 0. The van der Waals surface area contributed by atoms with E-state index >= 15 is 0 Å². The summed E-state index contributed by atoms with van der Waals surface area (Å²) < 4.78 is 31.4. The van der Waals surface area contributed by atoms with E-state index in [2.05, 4.69) is 5.32 Å². The number of amides is 1. The number of hydrogen-bond acceptors (Lipinski definition) is 3. The Morgan fingerprint density at radius 2 is 1.95 bits per heavy atom. The largest absolute Gasteiger partial charge is 0.481 e. The first-order valence-electron chi connectivity index (χ1n) is 5.42. The Bertz CT molecular complexity index is 459. The lowest BCUT2D eigenvalue weighted by Crippen LogP contribution is -2.35. The molecule has 7 heteroatoms. The van der Waals surface area contributed by atoms with Gasteiger partial charge >= 0.3 is 5.97 Å². The second-order valence-electron chi connectivity index (χ2n) is 3.76. The Labute approximate surface area is 108 Å². The topological polar surface area (TPSA) is 75.6 Å². The number of aliphatic carboxylic acids is 1. The van der Waals surface area contributed by atoms with Gasteiger partial charge in [0.2, 0.25) is 0 Å². The molecule has 0 radical (unpaired) electrons. The van der Waals surface area contributed by atoms with Crippen LogP contribution in [0.1, 0.15) is 16.8 Å². The maximum Gasteiger partial charge on any atom is 0.306 e. The van der Waals surface area contributed by atoms with Crippen molar-refractivity contribution >= 4 is 11.9 Å². The van der Waals surface area contributed by atoms with Gasteiger partial charge in [0.25, 0.3) is 5.91 Å². The third-order valence-corrected chi connectivity index (χ3v) is 2.42. The van der Waals surface area contributed by atoms with Crippen LogP contribution in [0.4, 0.5) is 8.78 Å². The predicted octanol–water partition coefficient (Wildman–Crippen LogP) is 1.18. The highest BCUT2D eigenvalue weighted by Crippen LogP contribution is 2.11. The number of benzene rings is 1. The summed E-state index contributed by atoms with van der Waals surface area (Å²) in [5, 5.41) is 10.8. The van der Waals surface area contributed by atoms with E-state index in [4.69, 9.17) is 9.84 Å². The van der Waals surface area contributed by atoms with Gasteiger partial charge in [-0.3, -0.25) is 9.59 Å². The van der Waals surface area contributed by atoms with Crippen LogP contribution in [-0.2, 0) is 9.53 Å². The molecule has 1 atom stereocenters. The number of carbonyl (C=O) groups excluding carboxylic acids is 1. The summed E-state index contributed by atoms with van der Waals surface area (Å²) in [4.78, 5) is 22.1. The Balaban J connectivity index is 2.67. The van der Waals surface area contributed by atoms with E-state index in [0.717, 1.165) is 18.2 Å². The van der Waals surface area contributed by atoms with Gasteiger partial charge in [0.05, 0.1) is 12.5 Å². The summed E-state index contributed by atoms with van der Waals surface area (Å²) in [7, 11) is 1.28. The van der Waals surface area contributed by atoms with Crippen molar-refractivity contribution < 1.29 is 28.2 Å². The van der Waals surface area contributed by atoms with Crippen LogP contribution in [0.2, 0.25) is 0 Å². The van der Waals surface area contributed by atoms with Crippen molar-refractivity contribution in [3.63, 3.8) is 0 Å². The van der Waals surface area contributed by atoms with Crippen molar-refractivity contribution in [2.24, 2.45) is 0 Å². The van der Waals surface area contributed by atoms with E-state index in [9.17, 15) is 18.4 Å². The second-order valence-corrected chi connectivity index (χ2v) is 3.76. The van der Waals surface area contributed by atoms with E-state index in [1.165, 1.54) is 7.11 Å². The first kappa shape index (κ1) is 15.0. The fourth-order valence-electron chi connectivity index (χ4n) is 1.44. The minimum absolute atomic E-state index is 0.157. The zero-order valence-electron chi connectivity index (χ0n) is 10.2. The molecule has 1 rings (SSSR count). The monoisotopic (exact) mass is 273 g/mol. The molecule has 0 spiro atoms. The molecule has 0 aliphatic rings. The maximum atomic E-state index is 13.3. The first-order chi connectivity index (χ1) is 8.95. The molecular weight excluding hydrogens is 260 g/mol. The first-order valence-corrected chi connectivity index (χ1v) is 5.42. The van der Waals surface area contributed by atoms with Crippen LogP contribution >= 0.6 is 0 Å². The molecule has 0 aliphatic heterocycles. The molecule has 19 heavy (non-hydrogen) atoms. The highest BCUT2D eigenvalue weighted by molar-refractivity contribution is 5.94. The molecule has 5 nitrogen and oxygen atoms in total. The van der Waals surface area contributed by atoms with Crippen LogP contribution in [0.15, 0.2) is 18.2 Å². The van der Waals surface area contributed by atoms with Crippen LogP contribution in [0, 0.1) is 11.6 Å². The van der Waals surface area contributed by atoms with Crippen LogP contribution in [-0.4, -0.2) is 36.7 Å². The molecule has 2 N–H and O–H groups in total. The number of carboxylic acids is 1. The fraction of sp³-hybridized carbons (Fsp3) is 0.333. The SMILES string of the molecule is COC(CNC(=O)c1c(F)cccc1F)CC(=O)O. The zero-order valence-corrected chi connectivity index (χ0v) is 10.2. The smallest absolute Gasteiger partial charge is 0.306 e. The van der Waals surface area contributed by atoms with E-state index in [1.807, 2.05) is 0 Å². The van der Waals surface area contributed by atoms with E-state index in [0.29, 0.717) is 0 Å². The number of ether oxygens (including phenoxy) is 1. The molecule has 0 bridgehead atoms. The molecule has 0 aromatic heterocycles. The third kappa shape index (κ3) is 4.29. The number of hydrogen-bond donors (Lipinski definition) is 2. The van der Waals surface area contributed by atoms with Crippen LogP contribution < -0.4 is 5.32 Å².